The predicted octanol–water partition coefficient (Wildman–Crippen LogP) is 0.724. The van der Waals surface area contributed by atoms with Gasteiger partial charge in [0, 0.05) is 6.42 Å². The molecule has 3 fully saturated rings. The van der Waals surface area contributed by atoms with Crippen molar-refractivity contribution in [2.24, 2.45) is 0 Å². The number of Topliss-reactive ketones (excluding diaryl/α,β-unsaturated/α-hetero) is 1. The third-order valence-corrected chi connectivity index (χ3v) is 4.17. The lowest BCUT2D eigenvalue weighted by Gasteiger charge is -2.38. The topological polar surface area (TPSA) is 83.5 Å². The van der Waals surface area contributed by atoms with Crippen molar-refractivity contribution in [1.29, 1.82) is 0 Å². The molecule has 0 aromatic heterocycles. The molecule has 0 unspecified atom stereocenters. The molecule has 3 aliphatic rings. The molecule has 3 rings (SSSR count). The lowest BCUT2D eigenvalue weighted by atomic mass is 9.96. The maximum atomic E-state index is 11.4. The smallest absolute Gasteiger partial charge is 0.227 e. The third kappa shape index (κ3) is 2.60. The van der Waals surface area contributed by atoms with Gasteiger partial charge in [-0.1, -0.05) is 0 Å². The summed E-state index contributed by atoms with van der Waals surface area (Å²) in [6.45, 7) is 8.86. The van der Waals surface area contributed by atoms with Crippen LogP contribution in [-0.2, 0) is 28.5 Å². The molecular formula is C15H24O7. The zero-order valence-corrected chi connectivity index (χ0v) is 13.6. The van der Waals surface area contributed by atoms with E-state index in [9.17, 15) is 9.90 Å². The summed E-state index contributed by atoms with van der Waals surface area (Å²) in [5.41, 5.74) is 0. The molecule has 0 aliphatic carbocycles. The maximum absolute atomic E-state index is 11.4. The lowest BCUT2D eigenvalue weighted by Crippen LogP contribution is -2.53. The van der Waals surface area contributed by atoms with Gasteiger partial charge in [-0.25, -0.2) is 0 Å². The molecule has 0 radical (unpaired) electrons. The van der Waals surface area contributed by atoms with E-state index < -0.39 is 41.8 Å². The summed E-state index contributed by atoms with van der Waals surface area (Å²) in [5.74, 6) is -3.25. The Morgan fingerprint density at radius 3 is 2.50 bits per heavy atom. The second kappa shape index (κ2) is 4.96. The summed E-state index contributed by atoms with van der Waals surface area (Å²) in [4.78, 5) is 11.4. The van der Waals surface area contributed by atoms with Crippen molar-refractivity contribution >= 4 is 5.78 Å². The van der Waals surface area contributed by atoms with Crippen LogP contribution < -0.4 is 0 Å². The van der Waals surface area contributed by atoms with Crippen molar-refractivity contribution in [2.75, 3.05) is 6.61 Å². The van der Waals surface area contributed by atoms with Crippen LogP contribution in [0.3, 0.4) is 0 Å². The van der Waals surface area contributed by atoms with E-state index in [2.05, 4.69) is 0 Å². The second-order valence-electron chi connectivity index (χ2n) is 7.13. The van der Waals surface area contributed by atoms with E-state index >= 15 is 0 Å². The van der Waals surface area contributed by atoms with Crippen molar-refractivity contribution in [2.45, 2.75) is 82.8 Å². The third-order valence-electron chi connectivity index (χ3n) is 4.17. The molecule has 0 aromatic carbocycles. The molecule has 3 saturated heterocycles. The first-order chi connectivity index (χ1) is 10.0. The average molecular weight is 316 g/mol. The lowest BCUT2D eigenvalue weighted by molar-refractivity contribution is -0.335. The van der Waals surface area contributed by atoms with Crippen molar-refractivity contribution < 1.29 is 33.6 Å². The second-order valence-corrected chi connectivity index (χ2v) is 7.13. The molecule has 3 heterocycles. The fourth-order valence-electron chi connectivity index (χ4n) is 3.40. The Morgan fingerprint density at radius 2 is 1.86 bits per heavy atom. The van der Waals surface area contributed by atoms with Gasteiger partial charge in [-0.3, -0.25) is 4.79 Å². The van der Waals surface area contributed by atoms with Gasteiger partial charge < -0.3 is 28.8 Å². The van der Waals surface area contributed by atoms with Crippen LogP contribution in [-0.4, -0.2) is 59.3 Å². The van der Waals surface area contributed by atoms with Gasteiger partial charge in [-0.2, -0.15) is 0 Å². The summed E-state index contributed by atoms with van der Waals surface area (Å²) in [5, 5.41) is 10.5. The number of aliphatic hydroxyl groups excluding tert-OH is 1. The maximum Gasteiger partial charge on any atom is 0.227 e. The van der Waals surface area contributed by atoms with Crippen LogP contribution in [0.5, 0.6) is 0 Å². The highest BCUT2D eigenvalue weighted by Crippen LogP contribution is 2.50. The minimum Gasteiger partial charge on any atom is -0.387 e. The van der Waals surface area contributed by atoms with Gasteiger partial charge in [0.2, 0.25) is 5.79 Å². The van der Waals surface area contributed by atoms with Crippen molar-refractivity contribution in [3.05, 3.63) is 0 Å². The Bertz CT molecular complexity index is 475. The van der Waals surface area contributed by atoms with Crippen LogP contribution >= 0.6 is 0 Å². The highest BCUT2D eigenvalue weighted by molar-refractivity contribution is 5.76. The van der Waals surface area contributed by atoms with E-state index in [4.69, 9.17) is 23.7 Å². The number of carbonyl (C=O) groups is 1. The van der Waals surface area contributed by atoms with Crippen LogP contribution in [0.2, 0.25) is 0 Å². The SMILES string of the molecule is CC(=O)C[C@H](O)[C@@]12O[C@H]3COC(C)(C)O[C@H]3[C@@H]1OC(C)(C)O2. The normalized spacial score (nSPS) is 43.5. The van der Waals surface area contributed by atoms with Crippen molar-refractivity contribution in [1.82, 2.24) is 0 Å². The van der Waals surface area contributed by atoms with Crippen LogP contribution in [0.4, 0.5) is 0 Å². The van der Waals surface area contributed by atoms with Crippen molar-refractivity contribution in [3.63, 3.8) is 0 Å². The first kappa shape index (κ1) is 16.3. The van der Waals surface area contributed by atoms with Crippen LogP contribution in [0.1, 0.15) is 41.0 Å². The Morgan fingerprint density at radius 1 is 1.18 bits per heavy atom. The zero-order valence-electron chi connectivity index (χ0n) is 13.6. The number of fused-ring (bicyclic) bond motifs is 3. The van der Waals surface area contributed by atoms with E-state index in [1.807, 2.05) is 13.8 Å². The molecule has 0 bridgehead atoms. The fourth-order valence-corrected chi connectivity index (χ4v) is 3.40. The largest absolute Gasteiger partial charge is 0.387 e. The Hall–Kier alpha value is -0.570. The molecule has 1 N–H and O–H groups in total. The standard InChI is InChI=1S/C15H24O7/c1-8(16)6-10(17)15-12(21-14(4,5)22-15)11-9(19-15)7-18-13(2,3)20-11/h9-12,17H,6-7H2,1-5H3/t9-,10-,11+,12-,15-/m0/s1. The zero-order chi connectivity index (χ0) is 16.3. The van der Waals surface area contributed by atoms with Gasteiger partial charge in [0.1, 0.15) is 30.2 Å². The number of aliphatic hydroxyl groups is 1. The quantitative estimate of drug-likeness (QED) is 0.821. The van der Waals surface area contributed by atoms with Crippen LogP contribution in [0.25, 0.3) is 0 Å². The predicted molar refractivity (Wildman–Crippen MR) is 73.8 cm³/mol. The van der Waals surface area contributed by atoms with Gasteiger partial charge in [0.05, 0.1) is 6.61 Å². The molecule has 126 valence electrons. The molecule has 3 aliphatic heterocycles. The van der Waals surface area contributed by atoms with E-state index in [0.717, 1.165) is 0 Å². The summed E-state index contributed by atoms with van der Waals surface area (Å²) in [6.07, 6.45) is -2.65. The fraction of sp³-hybridized carbons (Fsp3) is 0.933. The van der Waals surface area contributed by atoms with E-state index in [0.29, 0.717) is 6.61 Å². The number of ether oxygens (including phenoxy) is 5. The van der Waals surface area contributed by atoms with Gasteiger partial charge >= 0.3 is 0 Å². The van der Waals surface area contributed by atoms with Crippen LogP contribution in [0, 0.1) is 0 Å². The molecule has 7 heteroatoms. The van der Waals surface area contributed by atoms with Gasteiger partial charge in [0.15, 0.2) is 11.6 Å². The Balaban J connectivity index is 1.91. The molecule has 0 spiro atoms. The average Bonchev–Trinajstić information content (AvgIpc) is 2.77. The summed E-state index contributed by atoms with van der Waals surface area (Å²) >= 11 is 0. The van der Waals surface area contributed by atoms with Gasteiger partial charge in [-0.15, -0.1) is 0 Å². The van der Waals surface area contributed by atoms with E-state index in [1.54, 1.807) is 13.8 Å². The Kier molecular flexibility index (Phi) is 3.67. The van der Waals surface area contributed by atoms with E-state index in [-0.39, 0.29) is 12.2 Å². The summed E-state index contributed by atoms with van der Waals surface area (Å²) in [7, 11) is 0. The monoisotopic (exact) mass is 316 g/mol. The van der Waals surface area contributed by atoms with E-state index in [1.165, 1.54) is 6.92 Å². The highest BCUT2D eigenvalue weighted by atomic mass is 16.9. The highest BCUT2D eigenvalue weighted by Gasteiger charge is 2.69. The summed E-state index contributed by atoms with van der Waals surface area (Å²) in [6, 6.07) is 0. The molecule has 7 nitrogen and oxygen atoms in total. The molecule has 22 heavy (non-hydrogen) atoms. The first-order valence-electron chi connectivity index (χ1n) is 7.60. The molecular weight excluding hydrogens is 292 g/mol. The molecule has 0 aromatic rings. The van der Waals surface area contributed by atoms with Gasteiger partial charge in [0.25, 0.3) is 0 Å². The number of carbonyl (C=O) groups excluding carboxylic acids is 1. The number of hydrogen-bond donors (Lipinski definition) is 1. The molecule has 0 amide bonds. The van der Waals surface area contributed by atoms with Crippen molar-refractivity contribution in [3.8, 4) is 0 Å². The minimum absolute atomic E-state index is 0.0698. The Labute approximate surface area is 129 Å². The number of ketones is 1. The van der Waals surface area contributed by atoms with Gasteiger partial charge in [-0.05, 0) is 34.6 Å². The van der Waals surface area contributed by atoms with Crippen LogP contribution in [0.15, 0.2) is 0 Å². The summed E-state index contributed by atoms with van der Waals surface area (Å²) < 4.78 is 29.3. The first-order valence-corrected chi connectivity index (χ1v) is 7.60. The minimum atomic E-state index is -1.41. The molecule has 5 atom stereocenters. The molecule has 0 saturated carbocycles. The number of rotatable bonds is 3. The number of hydrogen-bond acceptors (Lipinski definition) is 7.